The van der Waals surface area contributed by atoms with Crippen LogP contribution >= 0.6 is 0 Å². The van der Waals surface area contributed by atoms with Crippen LogP contribution in [0, 0.1) is 17.8 Å². The van der Waals surface area contributed by atoms with Gasteiger partial charge in [0.15, 0.2) is 0 Å². The Bertz CT molecular complexity index is 417. The van der Waals surface area contributed by atoms with Gasteiger partial charge >= 0.3 is 0 Å². The highest BCUT2D eigenvalue weighted by Gasteiger charge is 2.19. The van der Waals surface area contributed by atoms with Crippen molar-refractivity contribution in [3.8, 4) is 0 Å². The van der Waals surface area contributed by atoms with Gasteiger partial charge in [0, 0.05) is 12.4 Å². The zero-order valence-corrected chi connectivity index (χ0v) is 18.9. The van der Waals surface area contributed by atoms with E-state index < -0.39 is 5.92 Å². The minimum Gasteiger partial charge on any atom is -0.299 e. The van der Waals surface area contributed by atoms with Crippen molar-refractivity contribution in [1.82, 2.24) is 4.98 Å². The molecule has 0 N–H and O–H groups in total. The molecule has 152 valence electrons. The molecule has 0 saturated carbocycles. The number of carbonyl (C=O) groups excluding carboxylic acids is 2. The Hall–Kier alpha value is -1.51. The molecule has 0 aromatic carbocycles. The van der Waals surface area contributed by atoms with Gasteiger partial charge in [-0.1, -0.05) is 74.3 Å². The van der Waals surface area contributed by atoms with Gasteiger partial charge in [0.2, 0.25) is 0 Å². The Kier molecular flexibility index (Phi) is 22.3. The van der Waals surface area contributed by atoms with Crippen LogP contribution in [0.1, 0.15) is 87.6 Å². The van der Waals surface area contributed by atoms with E-state index in [9.17, 15) is 9.59 Å². The molecule has 26 heavy (non-hydrogen) atoms. The summed E-state index contributed by atoms with van der Waals surface area (Å²) in [7, 11) is 0. The van der Waals surface area contributed by atoms with E-state index in [1.54, 1.807) is 18.5 Å². The number of hydrogen-bond donors (Lipinski definition) is 0. The third-order valence-electron chi connectivity index (χ3n) is 3.78. The molecule has 0 unspecified atom stereocenters. The Morgan fingerprint density at radius 1 is 0.923 bits per heavy atom. The molecule has 0 atom stereocenters. The number of aromatic nitrogens is 1. The molecule has 0 amide bonds. The number of carbonyl (C=O) groups is 2. The minimum atomic E-state index is -0.515. The molecule has 1 rings (SSSR count). The second-order valence-electron chi connectivity index (χ2n) is 6.94. The number of hydrogen-bond acceptors (Lipinski definition) is 3. The van der Waals surface area contributed by atoms with Gasteiger partial charge in [-0.05, 0) is 43.7 Å². The second-order valence-corrected chi connectivity index (χ2v) is 6.94. The largest absolute Gasteiger partial charge is 0.299 e. The Balaban J connectivity index is -0.000000366. The Morgan fingerprint density at radius 3 is 1.54 bits per heavy atom. The van der Waals surface area contributed by atoms with Crippen molar-refractivity contribution in [3.05, 3.63) is 30.1 Å². The van der Waals surface area contributed by atoms with Crippen LogP contribution in [0.15, 0.2) is 24.5 Å². The van der Waals surface area contributed by atoms with Crippen molar-refractivity contribution < 1.29 is 9.59 Å². The molecule has 3 heteroatoms. The van der Waals surface area contributed by atoms with Crippen LogP contribution in [0.25, 0.3) is 0 Å². The fourth-order valence-electron chi connectivity index (χ4n) is 1.33. The van der Waals surface area contributed by atoms with Crippen LogP contribution in [-0.2, 0) is 16.0 Å². The van der Waals surface area contributed by atoms with E-state index in [4.69, 9.17) is 0 Å². The summed E-state index contributed by atoms with van der Waals surface area (Å²) < 4.78 is 0. The van der Waals surface area contributed by atoms with E-state index in [1.165, 1.54) is 26.7 Å². The summed E-state index contributed by atoms with van der Waals surface area (Å²) in [4.78, 5) is 26.2. The normalized spacial score (nSPS) is 9.42. The maximum Gasteiger partial charge on any atom is 0.140 e. The van der Waals surface area contributed by atoms with Crippen molar-refractivity contribution in [2.24, 2.45) is 17.8 Å². The predicted molar refractivity (Wildman–Crippen MR) is 114 cm³/mol. The molecule has 0 spiro atoms. The zero-order valence-electron chi connectivity index (χ0n) is 18.9. The van der Waals surface area contributed by atoms with Gasteiger partial charge in [-0.25, -0.2) is 0 Å². The lowest BCUT2D eigenvalue weighted by Crippen LogP contribution is -2.21. The number of pyridine rings is 1. The maximum atomic E-state index is 11.1. The first-order valence-corrected chi connectivity index (χ1v) is 10.0. The van der Waals surface area contributed by atoms with Crippen LogP contribution in [0.5, 0.6) is 0 Å². The first-order valence-electron chi connectivity index (χ1n) is 10.0. The summed E-state index contributed by atoms with van der Waals surface area (Å²) in [6.07, 6.45) is 6.41. The molecule has 1 aromatic heterocycles. The van der Waals surface area contributed by atoms with Gasteiger partial charge in [0.25, 0.3) is 0 Å². The SMILES string of the molecule is CC.CC(=O)C(Cc1cccnc1)C(C)=O.CCC(C)C.CCC(C)C. The molecule has 0 aliphatic carbocycles. The Labute approximate surface area is 163 Å². The van der Waals surface area contributed by atoms with Gasteiger partial charge in [-0.3, -0.25) is 14.6 Å². The highest BCUT2D eigenvalue weighted by molar-refractivity contribution is 6.00. The minimum absolute atomic E-state index is 0.0821. The van der Waals surface area contributed by atoms with Crippen molar-refractivity contribution >= 4 is 11.6 Å². The Morgan fingerprint density at radius 2 is 1.31 bits per heavy atom. The first-order chi connectivity index (χ1) is 12.1. The molecule has 0 fully saturated rings. The summed E-state index contributed by atoms with van der Waals surface area (Å²) >= 11 is 0. The molecule has 0 aliphatic heterocycles. The first kappa shape index (κ1) is 29.3. The molecular formula is C23H43NO2. The summed E-state index contributed by atoms with van der Waals surface area (Å²) in [5.41, 5.74) is 0.919. The van der Waals surface area contributed by atoms with E-state index in [0.29, 0.717) is 6.42 Å². The van der Waals surface area contributed by atoms with Gasteiger partial charge in [-0.2, -0.15) is 0 Å². The van der Waals surface area contributed by atoms with E-state index >= 15 is 0 Å². The third-order valence-corrected chi connectivity index (χ3v) is 3.78. The maximum absolute atomic E-state index is 11.1. The van der Waals surface area contributed by atoms with Crippen molar-refractivity contribution in [2.45, 2.75) is 88.5 Å². The van der Waals surface area contributed by atoms with Crippen molar-refractivity contribution in [2.75, 3.05) is 0 Å². The lowest BCUT2D eigenvalue weighted by molar-refractivity contribution is -0.130. The van der Waals surface area contributed by atoms with Gasteiger partial charge in [0.1, 0.15) is 11.6 Å². The molecule has 0 saturated heterocycles. The quantitative estimate of drug-likeness (QED) is 0.537. The van der Waals surface area contributed by atoms with Crippen LogP contribution in [0.3, 0.4) is 0 Å². The van der Waals surface area contributed by atoms with Crippen molar-refractivity contribution in [3.63, 3.8) is 0 Å². The van der Waals surface area contributed by atoms with Gasteiger partial charge in [-0.15, -0.1) is 0 Å². The van der Waals surface area contributed by atoms with Crippen LogP contribution in [0.4, 0.5) is 0 Å². The van der Waals surface area contributed by atoms with Crippen LogP contribution < -0.4 is 0 Å². The summed E-state index contributed by atoms with van der Waals surface area (Å²) in [6.45, 7) is 20.2. The van der Waals surface area contributed by atoms with Gasteiger partial charge in [0.05, 0.1) is 5.92 Å². The van der Waals surface area contributed by atoms with E-state index in [2.05, 4.69) is 46.5 Å². The number of rotatable bonds is 6. The van der Waals surface area contributed by atoms with E-state index in [1.807, 2.05) is 19.9 Å². The standard InChI is InChI=1S/C11H13NO2.2C5H12.C2H6/c1-8(13)11(9(2)14)6-10-4-3-5-12-7-10;2*1-4-5(2)3;1-2/h3-5,7,11H,6H2,1-2H3;2*5H,4H2,1-3H3;1-2H3. The highest BCUT2D eigenvalue weighted by Crippen LogP contribution is 2.09. The van der Waals surface area contributed by atoms with E-state index in [-0.39, 0.29) is 11.6 Å². The zero-order chi connectivity index (χ0) is 21.1. The summed E-state index contributed by atoms with van der Waals surface area (Å²) in [5.74, 6) is 1.09. The molecule has 0 radical (unpaired) electrons. The second kappa shape index (κ2) is 19.8. The number of nitrogens with zero attached hydrogens (tertiary/aromatic N) is 1. The summed E-state index contributed by atoms with van der Waals surface area (Å²) in [5, 5.41) is 0. The number of Topliss-reactive ketones (excluding diaryl/α,β-unsaturated/α-hetero) is 2. The van der Waals surface area contributed by atoms with Crippen molar-refractivity contribution in [1.29, 1.82) is 0 Å². The highest BCUT2D eigenvalue weighted by atomic mass is 16.1. The molecule has 0 bridgehead atoms. The lowest BCUT2D eigenvalue weighted by atomic mass is 9.93. The monoisotopic (exact) mass is 365 g/mol. The topological polar surface area (TPSA) is 47.0 Å². The molecule has 1 heterocycles. The predicted octanol–water partition coefficient (Wildman–Crippen LogP) is 6.55. The average molecular weight is 366 g/mol. The fraction of sp³-hybridized carbons (Fsp3) is 0.696. The van der Waals surface area contributed by atoms with E-state index in [0.717, 1.165) is 17.4 Å². The molecule has 1 aromatic rings. The van der Waals surface area contributed by atoms with Crippen LogP contribution in [0.2, 0.25) is 0 Å². The number of ketones is 2. The lowest BCUT2D eigenvalue weighted by Gasteiger charge is -2.09. The molecule has 0 aliphatic rings. The summed E-state index contributed by atoms with van der Waals surface area (Å²) in [6, 6.07) is 3.67. The average Bonchev–Trinajstić information content (AvgIpc) is 2.62. The molecular weight excluding hydrogens is 322 g/mol. The fourth-order valence-corrected chi connectivity index (χ4v) is 1.33. The smallest absolute Gasteiger partial charge is 0.140 e. The van der Waals surface area contributed by atoms with Gasteiger partial charge < -0.3 is 0 Å². The van der Waals surface area contributed by atoms with Crippen LogP contribution in [-0.4, -0.2) is 16.6 Å². The third kappa shape index (κ3) is 20.5. The molecule has 3 nitrogen and oxygen atoms in total.